The van der Waals surface area contributed by atoms with Crippen LogP contribution in [0.5, 0.6) is 11.5 Å². The van der Waals surface area contributed by atoms with Crippen LogP contribution in [0.25, 0.3) is 0 Å². The number of carbonyl (C=O) groups is 2. The lowest BCUT2D eigenvalue weighted by atomic mass is 9.95. The first-order chi connectivity index (χ1) is 18.3. The highest BCUT2D eigenvalue weighted by Crippen LogP contribution is 2.47. The van der Waals surface area contributed by atoms with Crippen LogP contribution in [0, 0.1) is 5.82 Å². The van der Waals surface area contributed by atoms with Gasteiger partial charge in [-0.3, -0.25) is 14.5 Å². The van der Waals surface area contributed by atoms with Crippen molar-refractivity contribution < 1.29 is 33.3 Å². The van der Waals surface area contributed by atoms with E-state index < -0.39 is 23.5 Å². The van der Waals surface area contributed by atoms with Crippen LogP contribution in [-0.2, 0) is 10.5 Å². The maximum absolute atomic E-state index is 13.4. The zero-order valence-electron chi connectivity index (χ0n) is 19.4. The van der Waals surface area contributed by atoms with E-state index in [-0.39, 0.29) is 38.3 Å². The number of phenolic OH excluding ortho intramolecular Hbond substituents is 1. The number of anilines is 1. The molecule has 0 bridgehead atoms. The summed E-state index contributed by atoms with van der Waals surface area (Å²) >= 11 is 5.70. The molecule has 0 saturated heterocycles. The summed E-state index contributed by atoms with van der Waals surface area (Å²) in [6, 6.07) is 10.8. The summed E-state index contributed by atoms with van der Waals surface area (Å²) < 4.78 is 24.5. The second-order valence-electron chi connectivity index (χ2n) is 7.97. The Morgan fingerprint density at radius 2 is 2.00 bits per heavy atom. The van der Waals surface area contributed by atoms with Gasteiger partial charge in [0.25, 0.3) is 5.91 Å². The Labute approximate surface area is 231 Å². The molecule has 9 nitrogen and oxygen atoms in total. The van der Waals surface area contributed by atoms with E-state index in [1.807, 2.05) is 0 Å². The highest BCUT2D eigenvalue weighted by atomic mass is 79.9. The van der Waals surface area contributed by atoms with Gasteiger partial charge in [0, 0.05) is 5.75 Å². The molecular formula is C25H17BrFN3O6S2. The average molecular weight is 618 g/mol. The van der Waals surface area contributed by atoms with Crippen LogP contribution in [0.15, 0.2) is 79.4 Å². The molecule has 1 atom stereocenters. The van der Waals surface area contributed by atoms with Gasteiger partial charge in [-0.05, 0) is 63.5 Å². The van der Waals surface area contributed by atoms with Gasteiger partial charge >= 0.3 is 0 Å². The van der Waals surface area contributed by atoms with Crippen LogP contribution in [0.1, 0.15) is 27.7 Å². The predicted molar refractivity (Wildman–Crippen MR) is 141 cm³/mol. The maximum Gasteiger partial charge on any atom is 0.296 e. The zero-order chi connectivity index (χ0) is 27.0. The predicted octanol–water partition coefficient (Wildman–Crippen LogP) is 5.82. The number of amides is 1. The molecular weight excluding hydrogens is 601 g/mol. The number of carbonyl (C=O) groups excluding carboxylic acids is 2. The van der Waals surface area contributed by atoms with Gasteiger partial charge in [-0.15, -0.1) is 10.2 Å². The topological polar surface area (TPSA) is 126 Å². The Kier molecular flexibility index (Phi) is 7.23. The molecule has 5 rings (SSSR count). The summed E-state index contributed by atoms with van der Waals surface area (Å²) in [6.07, 6.45) is 1.31. The number of rotatable bonds is 8. The van der Waals surface area contributed by atoms with E-state index >= 15 is 0 Å². The molecule has 2 N–H and O–H groups in total. The fourth-order valence-electron chi connectivity index (χ4n) is 3.88. The molecule has 38 heavy (non-hydrogen) atoms. The lowest BCUT2D eigenvalue weighted by molar-refractivity contribution is -0.117. The second-order valence-corrected chi connectivity index (χ2v) is 11.0. The van der Waals surface area contributed by atoms with Crippen molar-refractivity contribution in [2.75, 3.05) is 12.0 Å². The molecule has 4 aromatic rings. The number of benzene rings is 2. The number of hydrogen-bond donors (Lipinski definition) is 2. The normalized spacial score (nSPS) is 15.4. The number of hydrogen-bond acceptors (Lipinski definition) is 10. The molecule has 0 spiro atoms. The van der Waals surface area contributed by atoms with Gasteiger partial charge in [-0.2, -0.15) is 0 Å². The molecule has 0 saturated carbocycles. The number of furan rings is 1. The summed E-state index contributed by atoms with van der Waals surface area (Å²) in [5.74, 6) is -2.29. The van der Waals surface area contributed by atoms with Crippen LogP contribution in [0.3, 0.4) is 0 Å². The average Bonchev–Trinajstić information content (AvgIpc) is 3.66. The fourth-order valence-corrected chi connectivity index (χ4v) is 6.16. The van der Waals surface area contributed by atoms with Gasteiger partial charge < -0.3 is 19.4 Å². The minimum absolute atomic E-state index is 0.0659. The van der Waals surface area contributed by atoms with Crippen molar-refractivity contribution >= 4 is 55.9 Å². The number of thioether (sulfide) groups is 1. The van der Waals surface area contributed by atoms with E-state index in [0.29, 0.717) is 15.7 Å². The number of phenols is 1. The molecule has 13 heteroatoms. The number of aromatic hydroxyl groups is 1. The van der Waals surface area contributed by atoms with E-state index in [0.717, 1.165) is 16.9 Å². The Balaban J connectivity index is 1.54. The number of nitrogens with zero attached hydrogens (tertiary/aromatic N) is 3. The fraction of sp³-hybridized carbons (Fsp3) is 0.120. The third kappa shape index (κ3) is 4.79. The lowest BCUT2D eigenvalue weighted by Crippen LogP contribution is -2.31. The number of Topliss-reactive ketones (excluding diaryl/α,β-unsaturated/α-hetero) is 1. The van der Waals surface area contributed by atoms with Gasteiger partial charge in [-0.1, -0.05) is 35.2 Å². The number of aliphatic hydroxyl groups excluding tert-OH is 1. The SMILES string of the molecule is COc1cc(C2C(C(=O)c3ccco3)=C(O)C(=O)N2c2nnc(SCc3ccc(F)cc3)s2)cc(Br)c1O. The molecule has 1 unspecified atom stereocenters. The molecule has 1 aliphatic rings. The summed E-state index contributed by atoms with van der Waals surface area (Å²) in [4.78, 5) is 27.9. The zero-order valence-corrected chi connectivity index (χ0v) is 22.6. The van der Waals surface area contributed by atoms with Gasteiger partial charge in [0.2, 0.25) is 10.9 Å². The first-order valence-electron chi connectivity index (χ1n) is 10.9. The van der Waals surface area contributed by atoms with Gasteiger partial charge in [0.15, 0.2) is 27.4 Å². The minimum atomic E-state index is -1.13. The third-order valence-corrected chi connectivity index (χ3v) is 8.39. The van der Waals surface area contributed by atoms with Gasteiger partial charge in [-0.25, -0.2) is 4.39 Å². The van der Waals surface area contributed by atoms with Crippen molar-refractivity contribution in [2.45, 2.75) is 16.1 Å². The van der Waals surface area contributed by atoms with Crippen molar-refractivity contribution in [3.05, 3.63) is 93.3 Å². The van der Waals surface area contributed by atoms with E-state index in [2.05, 4.69) is 26.1 Å². The Morgan fingerprint density at radius 3 is 2.68 bits per heavy atom. The number of methoxy groups -OCH3 is 1. The monoisotopic (exact) mass is 617 g/mol. The van der Waals surface area contributed by atoms with E-state index in [1.165, 1.54) is 66.4 Å². The summed E-state index contributed by atoms with van der Waals surface area (Å²) in [5, 5.41) is 29.6. The molecule has 2 aromatic heterocycles. The van der Waals surface area contributed by atoms with Crippen LogP contribution >= 0.6 is 39.0 Å². The Bertz CT molecular complexity index is 1560. The first kappa shape index (κ1) is 25.9. The first-order valence-corrected chi connectivity index (χ1v) is 13.5. The highest BCUT2D eigenvalue weighted by Gasteiger charge is 2.47. The third-order valence-electron chi connectivity index (χ3n) is 5.66. The molecule has 194 valence electrons. The Morgan fingerprint density at radius 1 is 1.24 bits per heavy atom. The van der Waals surface area contributed by atoms with Crippen LogP contribution in [-0.4, -0.2) is 39.2 Å². The number of ether oxygens (including phenoxy) is 1. The summed E-state index contributed by atoms with van der Waals surface area (Å²) in [5.41, 5.74) is 1.00. The summed E-state index contributed by atoms with van der Waals surface area (Å²) in [6.45, 7) is 0. The second kappa shape index (κ2) is 10.6. The number of halogens is 2. The molecule has 1 amide bonds. The number of aliphatic hydroxyl groups is 1. The number of ketones is 1. The van der Waals surface area contributed by atoms with E-state index in [1.54, 1.807) is 12.1 Å². The van der Waals surface area contributed by atoms with Crippen LogP contribution in [0.2, 0.25) is 0 Å². The molecule has 2 aromatic carbocycles. The van der Waals surface area contributed by atoms with E-state index in [9.17, 15) is 24.2 Å². The summed E-state index contributed by atoms with van der Waals surface area (Å²) in [7, 11) is 1.36. The highest BCUT2D eigenvalue weighted by molar-refractivity contribution is 9.10. The van der Waals surface area contributed by atoms with Crippen LogP contribution in [0.4, 0.5) is 9.52 Å². The van der Waals surface area contributed by atoms with E-state index in [4.69, 9.17) is 9.15 Å². The van der Waals surface area contributed by atoms with Gasteiger partial charge in [0.05, 0.1) is 29.5 Å². The van der Waals surface area contributed by atoms with Crippen LogP contribution < -0.4 is 9.64 Å². The van der Waals surface area contributed by atoms with Crippen molar-refractivity contribution in [1.29, 1.82) is 0 Å². The maximum atomic E-state index is 13.4. The minimum Gasteiger partial charge on any atom is -0.503 e. The van der Waals surface area contributed by atoms with Crippen molar-refractivity contribution in [2.24, 2.45) is 0 Å². The van der Waals surface area contributed by atoms with Crippen molar-refractivity contribution in [3.8, 4) is 11.5 Å². The standard InChI is InChI=1S/C25H17BrFN3O6S2/c1-35-17-10-13(9-15(26)20(17)31)19-18(21(32)16-3-2-8-36-16)22(33)23(34)30(19)24-28-29-25(38-24)37-11-12-4-6-14(27)7-5-12/h2-10,19,31,33H,11H2,1H3. The molecule has 0 fully saturated rings. The van der Waals surface area contributed by atoms with Gasteiger partial charge in [0.1, 0.15) is 5.82 Å². The molecule has 0 aliphatic carbocycles. The quantitative estimate of drug-likeness (QED) is 0.143. The smallest absolute Gasteiger partial charge is 0.296 e. The molecule has 0 radical (unpaired) electrons. The lowest BCUT2D eigenvalue weighted by Gasteiger charge is -2.24. The van der Waals surface area contributed by atoms with Crippen molar-refractivity contribution in [1.82, 2.24) is 10.2 Å². The Hall–Kier alpha value is -3.68. The van der Waals surface area contributed by atoms with Crippen molar-refractivity contribution in [3.63, 3.8) is 0 Å². The molecule has 3 heterocycles. The largest absolute Gasteiger partial charge is 0.503 e. The number of aromatic nitrogens is 2. The molecule has 1 aliphatic heterocycles.